The van der Waals surface area contributed by atoms with Crippen molar-refractivity contribution in [3.05, 3.63) is 29.4 Å². The molecule has 3 N–H and O–H groups in total. The van der Waals surface area contributed by atoms with Crippen molar-refractivity contribution in [3.63, 3.8) is 0 Å². The fraction of sp³-hybridized carbons (Fsp3) is 0.364. The van der Waals surface area contributed by atoms with Gasteiger partial charge < -0.3 is 15.6 Å². The van der Waals surface area contributed by atoms with Crippen molar-refractivity contribution in [2.45, 2.75) is 26.8 Å². The van der Waals surface area contributed by atoms with Crippen molar-refractivity contribution in [2.75, 3.05) is 11.1 Å². The summed E-state index contributed by atoms with van der Waals surface area (Å²) in [4.78, 5) is 8.57. The van der Waals surface area contributed by atoms with Gasteiger partial charge in [-0.3, -0.25) is 0 Å². The minimum atomic E-state index is 0.511. The van der Waals surface area contributed by atoms with E-state index in [1.807, 2.05) is 13.8 Å². The molecule has 6 nitrogen and oxygen atoms in total. The predicted octanol–water partition coefficient (Wildman–Crippen LogP) is 1.53. The number of nitrogens with two attached hydrogens (primary N) is 1. The Balaban J connectivity index is 2.17. The number of anilines is 2. The fourth-order valence-corrected chi connectivity index (χ4v) is 1.42. The van der Waals surface area contributed by atoms with Gasteiger partial charge in [-0.15, -0.1) is 0 Å². The molecule has 0 aromatic carbocycles. The summed E-state index contributed by atoms with van der Waals surface area (Å²) in [6.45, 7) is 4.41. The van der Waals surface area contributed by atoms with Crippen LogP contribution in [0.3, 0.4) is 0 Å². The number of nitrogens with zero attached hydrogens (tertiary/aromatic N) is 3. The third-order valence-corrected chi connectivity index (χ3v) is 2.47. The van der Waals surface area contributed by atoms with Crippen molar-refractivity contribution < 1.29 is 4.52 Å². The first-order chi connectivity index (χ1) is 8.20. The highest BCUT2D eigenvalue weighted by atomic mass is 16.5. The van der Waals surface area contributed by atoms with E-state index in [0.29, 0.717) is 12.4 Å². The molecule has 90 valence electrons. The van der Waals surface area contributed by atoms with Crippen molar-refractivity contribution in [2.24, 2.45) is 0 Å². The van der Waals surface area contributed by atoms with Crippen LogP contribution in [-0.2, 0) is 13.0 Å². The van der Waals surface area contributed by atoms with Crippen LogP contribution in [0.4, 0.5) is 11.6 Å². The highest BCUT2D eigenvalue weighted by Crippen LogP contribution is 2.18. The Hall–Kier alpha value is -2.11. The molecule has 0 aliphatic heterocycles. The Bertz CT molecular complexity index is 495. The van der Waals surface area contributed by atoms with Gasteiger partial charge in [0.1, 0.15) is 17.5 Å². The van der Waals surface area contributed by atoms with Gasteiger partial charge in [-0.2, -0.15) is 0 Å². The van der Waals surface area contributed by atoms with Gasteiger partial charge in [-0.1, -0.05) is 12.1 Å². The summed E-state index contributed by atoms with van der Waals surface area (Å²) in [6, 6.07) is 1.80. The highest BCUT2D eigenvalue weighted by molar-refractivity contribution is 5.54. The molecule has 0 amide bonds. The Morgan fingerprint density at radius 1 is 1.41 bits per heavy atom. The average Bonchev–Trinajstić information content (AvgIpc) is 2.84. The molecule has 0 bridgehead atoms. The van der Waals surface area contributed by atoms with Crippen LogP contribution in [0.1, 0.15) is 24.1 Å². The van der Waals surface area contributed by atoms with Crippen LogP contribution in [0.25, 0.3) is 0 Å². The van der Waals surface area contributed by atoms with Gasteiger partial charge in [0, 0.05) is 18.1 Å². The zero-order valence-corrected chi connectivity index (χ0v) is 9.90. The number of nitrogens with one attached hydrogen (secondary N) is 1. The molecule has 0 aliphatic carbocycles. The number of aryl methyl sites for hydroxylation is 1. The summed E-state index contributed by atoms with van der Waals surface area (Å²) >= 11 is 0. The molecule has 2 heterocycles. The Morgan fingerprint density at radius 2 is 2.24 bits per heavy atom. The third-order valence-electron chi connectivity index (χ3n) is 2.47. The lowest BCUT2D eigenvalue weighted by Gasteiger charge is -2.10. The molecule has 0 saturated heterocycles. The first kappa shape index (κ1) is 11.4. The number of hydrogen-bond donors (Lipinski definition) is 2. The monoisotopic (exact) mass is 233 g/mol. The largest absolute Gasteiger partial charge is 0.383 e. The average molecular weight is 233 g/mol. The van der Waals surface area contributed by atoms with Gasteiger partial charge in [0.05, 0.1) is 12.7 Å². The van der Waals surface area contributed by atoms with E-state index in [1.165, 1.54) is 0 Å². The van der Waals surface area contributed by atoms with Crippen molar-refractivity contribution in [1.82, 2.24) is 15.1 Å². The van der Waals surface area contributed by atoms with E-state index >= 15 is 0 Å². The second-order valence-corrected chi connectivity index (χ2v) is 3.68. The first-order valence-electron chi connectivity index (χ1n) is 5.47. The van der Waals surface area contributed by atoms with Crippen LogP contribution in [0.2, 0.25) is 0 Å². The standard InChI is InChI=1S/C11H15N5O/c1-3-9-15-10(12)7(2)11(16-9)13-6-8-4-5-14-17-8/h4-5H,3,6H2,1-2H3,(H3,12,13,15,16). The second-order valence-electron chi connectivity index (χ2n) is 3.68. The number of nitrogen functional groups attached to an aromatic ring is 1. The lowest BCUT2D eigenvalue weighted by Crippen LogP contribution is -2.09. The molecule has 2 aromatic heterocycles. The molecular formula is C11H15N5O. The van der Waals surface area contributed by atoms with E-state index in [-0.39, 0.29) is 0 Å². The minimum absolute atomic E-state index is 0.511. The molecule has 0 radical (unpaired) electrons. The van der Waals surface area contributed by atoms with E-state index in [9.17, 15) is 0 Å². The smallest absolute Gasteiger partial charge is 0.155 e. The van der Waals surface area contributed by atoms with Crippen LogP contribution in [0.15, 0.2) is 16.8 Å². The summed E-state index contributed by atoms with van der Waals surface area (Å²) < 4.78 is 4.99. The van der Waals surface area contributed by atoms with E-state index in [2.05, 4.69) is 20.4 Å². The topological polar surface area (TPSA) is 89.9 Å². The normalized spacial score (nSPS) is 10.5. The maximum Gasteiger partial charge on any atom is 0.155 e. The Labute approximate surface area is 99.2 Å². The van der Waals surface area contributed by atoms with E-state index in [1.54, 1.807) is 12.3 Å². The van der Waals surface area contributed by atoms with Gasteiger partial charge in [-0.25, -0.2) is 9.97 Å². The van der Waals surface area contributed by atoms with Crippen molar-refractivity contribution in [3.8, 4) is 0 Å². The molecule has 17 heavy (non-hydrogen) atoms. The fourth-order valence-electron chi connectivity index (χ4n) is 1.42. The van der Waals surface area contributed by atoms with Gasteiger partial charge >= 0.3 is 0 Å². The summed E-state index contributed by atoms with van der Waals surface area (Å²) in [7, 11) is 0. The summed E-state index contributed by atoms with van der Waals surface area (Å²) in [5, 5.41) is 6.80. The van der Waals surface area contributed by atoms with Crippen LogP contribution < -0.4 is 11.1 Å². The first-order valence-corrected chi connectivity index (χ1v) is 5.47. The molecule has 0 saturated carbocycles. The lowest BCUT2D eigenvalue weighted by atomic mass is 10.3. The predicted molar refractivity (Wildman–Crippen MR) is 64.4 cm³/mol. The molecule has 2 aromatic rings. The number of rotatable bonds is 4. The SMILES string of the molecule is CCc1nc(N)c(C)c(NCc2ccno2)n1. The summed E-state index contributed by atoms with van der Waals surface area (Å²) in [5.74, 6) is 2.73. The van der Waals surface area contributed by atoms with Crippen molar-refractivity contribution >= 4 is 11.6 Å². The van der Waals surface area contributed by atoms with Crippen LogP contribution in [0, 0.1) is 6.92 Å². The van der Waals surface area contributed by atoms with Crippen LogP contribution in [-0.4, -0.2) is 15.1 Å². The summed E-state index contributed by atoms with van der Waals surface area (Å²) in [6.07, 6.45) is 2.36. The van der Waals surface area contributed by atoms with Gasteiger partial charge in [-0.05, 0) is 6.92 Å². The quantitative estimate of drug-likeness (QED) is 0.832. The molecule has 0 fully saturated rings. The maximum atomic E-state index is 5.82. The number of aromatic nitrogens is 3. The molecule has 0 spiro atoms. The Morgan fingerprint density at radius 3 is 2.88 bits per heavy atom. The van der Waals surface area contributed by atoms with Crippen molar-refractivity contribution in [1.29, 1.82) is 0 Å². The number of hydrogen-bond acceptors (Lipinski definition) is 6. The second kappa shape index (κ2) is 4.82. The van der Waals surface area contributed by atoms with Gasteiger partial charge in [0.2, 0.25) is 0 Å². The van der Waals surface area contributed by atoms with E-state index in [4.69, 9.17) is 10.3 Å². The molecule has 6 heteroatoms. The molecular weight excluding hydrogens is 218 g/mol. The molecule has 0 unspecified atom stereocenters. The highest BCUT2D eigenvalue weighted by Gasteiger charge is 2.08. The summed E-state index contributed by atoms with van der Waals surface area (Å²) in [5.41, 5.74) is 6.67. The molecule has 0 aliphatic rings. The van der Waals surface area contributed by atoms with E-state index in [0.717, 1.165) is 29.4 Å². The third kappa shape index (κ3) is 2.52. The molecule has 2 rings (SSSR count). The Kier molecular flexibility index (Phi) is 3.22. The zero-order valence-electron chi connectivity index (χ0n) is 9.90. The zero-order chi connectivity index (χ0) is 12.3. The lowest BCUT2D eigenvalue weighted by molar-refractivity contribution is 0.388. The van der Waals surface area contributed by atoms with Crippen LogP contribution >= 0.6 is 0 Å². The van der Waals surface area contributed by atoms with Gasteiger partial charge in [0.15, 0.2) is 5.76 Å². The van der Waals surface area contributed by atoms with Crippen LogP contribution in [0.5, 0.6) is 0 Å². The maximum absolute atomic E-state index is 5.82. The molecule has 0 atom stereocenters. The minimum Gasteiger partial charge on any atom is -0.383 e. The van der Waals surface area contributed by atoms with Gasteiger partial charge in [0.25, 0.3) is 0 Å². The van der Waals surface area contributed by atoms with E-state index < -0.39 is 0 Å².